The number of carbonyl (C=O) groups is 2. The second-order valence-electron chi connectivity index (χ2n) is 9.11. The largest absolute Gasteiger partial charge is 0.507 e. The minimum atomic E-state index is -1.17. The zero-order valence-corrected chi connectivity index (χ0v) is 20.3. The molecule has 0 aliphatic carbocycles. The van der Waals surface area contributed by atoms with E-state index in [1.54, 1.807) is 24.3 Å². The van der Waals surface area contributed by atoms with Crippen LogP contribution >= 0.6 is 11.3 Å². The van der Waals surface area contributed by atoms with Crippen LogP contribution in [-0.2, 0) is 16.0 Å². The zero-order chi connectivity index (χ0) is 25.1. The maximum Gasteiger partial charge on any atom is 0.301 e. The molecular formula is C28H21FN2O4S. The van der Waals surface area contributed by atoms with E-state index in [1.165, 1.54) is 34.4 Å². The number of amides is 1. The SMILES string of the molecule is Cc1ccc2nc(N3C(=O)C(=O)C(=C(O)c4ccc5c(c4)CC(C)O5)C3c3ccccc3F)sc2c1. The number of aromatic nitrogens is 1. The monoisotopic (exact) mass is 500 g/mol. The average Bonchev–Trinajstić information content (AvgIpc) is 3.51. The fourth-order valence-electron chi connectivity index (χ4n) is 4.87. The number of Topliss-reactive ketones (excluding diaryl/α,β-unsaturated/α-hetero) is 1. The number of anilines is 1. The van der Waals surface area contributed by atoms with Gasteiger partial charge < -0.3 is 9.84 Å². The van der Waals surface area contributed by atoms with Crippen LogP contribution in [0.4, 0.5) is 9.52 Å². The number of nitrogens with zero attached hydrogens (tertiary/aromatic N) is 2. The first-order chi connectivity index (χ1) is 17.3. The Hall–Kier alpha value is -4.04. The van der Waals surface area contributed by atoms with Crippen molar-refractivity contribution in [2.75, 3.05) is 4.90 Å². The summed E-state index contributed by atoms with van der Waals surface area (Å²) in [4.78, 5) is 32.5. The van der Waals surface area contributed by atoms with Crippen molar-refractivity contribution in [2.24, 2.45) is 0 Å². The van der Waals surface area contributed by atoms with Crippen molar-refractivity contribution >= 4 is 44.1 Å². The van der Waals surface area contributed by atoms with Crippen LogP contribution in [0.2, 0.25) is 0 Å². The van der Waals surface area contributed by atoms with E-state index in [9.17, 15) is 14.7 Å². The highest BCUT2D eigenvalue weighted by atomic mass is 32.1. The predicted octanol–water partition coefficient (Wildman–Crippen LogP) is 5.69. The molecule has 6 rings (SSSR count). The molecule has 3 heterocycles. The first-order valence-electron chi connectivity index (χ1n) is 11.5. The fourth-order valence-corrected chi connectivity index (χ4v) is 5.96. The van der Waals surface area contributed by atoms with Crippen LogP contribution in [-0.4, -0.2) is 27.9 Å². The van der Waals surface area contributed by atoms with Gasteiger partial charge in [-0.25, -0.2) is 9.37 Å². The van der Waals surface area contributed by atoms with Crippen molar-refractivity contribution in [3.63, 3.8) is 0 Å². The molecule has 8 heteroatoms. The van der Waals surface area contributed by atoms with E-state index in [0.717, 1.165) is 21.6 Å². The lowest BCUT2D eigenvalue weighted by atomic mass is 9.94. The molecule has 0 spiro atoms. The maximum absolute atomic E-state index is 15.1. The molecule has 3 aromatic carbocycles. The molecule has 4 aromatic rings. The third kappa shape index (κ3) is 3.48. The molecule has 0 radical (unpaired) electrons. The van der Waals surface area contributed by atoms with Crippen LogP contribution in [0.15, 0.2) is 66.2 Å². The van der Waals surface area contributed by atoms with Crippen molar-refractivity contribution in [1.29, 1.82) is 0 Å². The number of benzene rings is 3. The minimum absolute atomic E-state index is 0.00376. The van der Waals surface area contributed by atoms with E-state index in [-0.39, 0.29) is 28.1 Å². The smallest absolute Gasteiger partial charge is 0.301 e. The normalized spacial score (nSPS) is 20.7. The third-order valence-electron chi connectivity index (χ3n) is 6.55. The number of halogens is 1. The number of aliphatic hydroxyl groups is 1. The van der Waals surface area contributed by atoms with E-state index < -0.39 is 23.5 Å². The van der Waals surface area contributed by atoms with Crippen LogP contribution in [0.5, 0.6) is 5.75 Å². The summed E-state index contributed by atoms with van der Waals surface area (Å²) in [5.41, 5.74) is 2.89. The highest BCUT2D eigenvalue weighted by Crippen LogP contribution is 2.45. The molecule has 2 aliphatic rings. The topological polar surface area (TPSA) is 79.7 Å². The third-order valence-corrected chi connectivity index (χ3v) is 7.57. The molecule has 1 saturated heterocycles. The van der Waals surface area contributed by atoms with Crippen LogP contribution < -0.4 is 9.64 Å². The molecule has 0 bridgehead atoms. The van der Waals surface area contributed by atoms with Gasteiger partial charge in [-0.1, -0.05) is 35.6 Å². The summed E-state index contributed by atoms with van der Waals surface area (Å²) >= 11 is 1.24. The highest BCUT2D eigenvalue weighted by molar-refractivity contribution is 7.22. The van der Waals surface area contributed by atoms with Gasteiger partial charge in [0.05, 0.1) is 15.8 Å². The summed E-state index contributed by atoms with van der Waals surface area (Å²) < 4.78 is 21.7. The van der Waals surface area contributed by atoms with Gasteiger partial charge in [0.25, 0.3) is 5.78 Å². The van der Waals surface area contributed by atoms with E-state index in [0.29, 0.717) is 17.5 Å². The molecule has 180 valence electrons. The number of carbonyl (C=O) groups excluding carboxylic acids is 2. The summed E-state index contributed by atoms with van der Waals surface area (Å²) in [5.74, 6) is -1.98. The lowest BCUT2D eigenvalue weighted by Crippen LogP contribution is -2.29. The van der Waals surface area contributed by atoms with Gasteiger partial charge in [0, 0.05) is 17.5 Å². The summed E-state index contributed by atoms with van der Waals surface area (Å²) in [5, 5.41) is 11.6. The van der Waals surface area contributed by atoms with Gasteiger partial charge in [0.1, 0.15) is 29.5 Å². The van der Waals surface area contributed by atoms with Gasteiger partial charge in [0.15, 0.2) is 5.13 Å². The Kier molecular flexibility index (Phi) is 5.15. The molecule has 6 nitrogen and oxygen atoms in total. The van der Waals surface area contributed by atoms with Crippen LogP contribution in [0.25, 0.3) is 16.0 Å². The first kappa shape index (κ1) is 22.4. The number of ketones is 1. The molecule has 36 heavy (non-hydrogen) atoms. The van der Waals surface area contributed by atoms with E-state index >= 15 is 4.39 Å². The Balaban J connectivity index is 1.55. The molecule has 1 amide bonds. The lowest BCUT2D eigenvalue weighted by molar-refractivity contribution is -0.132. The molecule has 1 N–H and O–H groups in total. The Bertz CT molecular complexity index is 1610. The van der Waals surface area contributed by atoms with Gasteiger partial charge in [-0.05, 0) is 61.4 Å². The average molecular weight is 501 g/mol. The van der Waals surface area contributed by atoms with E-state index in [1.807, 2.05) is 32.0 Å². The van der Waals surface area contributed by atoms with Crippen molar-refractivity contribution < 1.29 is 23.8 Å². The fraction of sp³-hybridized carbons (Fsp3) is 0.179. The molecule has 2 unspecified atom stereocenters. The predicted molar refractivity (Wildman–Crippen MR) is 136 cm³/mol. The van der Waals surface area contributed by atoms with Crippen LogP contribution in [0.3, 0.4) is 0 Å². The summed E-state index contributed by atoms with van der Waals surface area (Å²) in [7, 11) is 0. The molecule has 2 atom stereocenters. The maximum atomic E-state index is 15.1. The highest BCUT2D eigenvalue weighted by Gasteiger charge is 2.49. The standard InChI is InChI=1S/C28H21FN2O4S/c1-14-7-9-20-22(11-14)36-28(30-20)31-24(18-5-3-4-6-19(18)29)23(26(33)27(31)34)25(32)16-8-10-21-17(13-16)12-15(2)35-21/h3-11,13,15,24,32H,12H2,1-2H3. The Morgan fingerprint density at radius 2 is 1.94 bits per heavy atom. The number of fused-ring (bicyclic) bond motifs is 2. The molecule has 1 fully saturated rings. The number of hydrogen-bond donors (Lipinski definition) is 1. The van der Waals surface area contributed by atoms with Crippen molar-refractivity contribution in [1.82, 2.24) is 4.98 Å². The lowest BCUT2D eigenvalue weighted by Gasteiger charge is -2.23. The van der Waals surface area contributed by atoms with E-state index in [4.69, 9.17) is 4.74 Å². The van der Waals surface area contributed by atoms with Gasteiger partial charge >= 0.3 is 5.91 Å². The first-order valence-corrected chi connectivity index (χ1v) is 12.4. The number of aryl methyl sites for hydroxylation is 1. The number of hydrogen-bond acceptors (Lipinski definition) is 6. The van der Waals surface area contributed by atoms with Gasteiger partial charge in [0.2, 0.25) is 0 Å². The molecule has 2 aliphatic heterocycles. The Morgan fingerprint density at radius 1 is 1.14 bits per heavy atom. The minimum Gasteiger partial charge on any atom is -0.507 e. The molecule has 0 saturated carbocycles. The summed E-state index contributed by atoms with van der Waals surface area (Å²) in [6, 6.07) is 15.6. The van der Waals surface area contributed by atoms with Crippen molar-refractivity contribution in [2.45, 2.75) is 32.4 Å². The van der Waals surface area contributed by atoms with Crippen molar-refractivity contribution in [3.05, 3.63) is 94.3 Å². The van der Waals surface area contributed by atoms with Gasteiger partial charge in [-0.2, -0.15) is 0 Å². The van der Waals surface area contributed by atoms with Crippen LogP contribution in [0.1, 0.15) is 35.2 Å². The molecular weight excluding hydrogens is 479 g/mol. The quantitative estimate of drug-likeness (QED) is 0.222. The number of rotatable bonds is 3. The molecule has 1 aromatic heterocycles. The van der Waals surface area contributed by atoms with Gasteiger partial charge in [-0.15, -0.1) is 0 Å². The Labute approximate surface area is 210 Å². The number of aliphatic hydroxyl groups excluding tert-OH is 1. The Morgan fingerprint density at radius 3 is 2.75 bits per heavy atom. The van der Waals surface area contributed by atoms with Crippen LogP contribution in [0, 0.1) is 12.7 Å². The summed E-state index contributed by atoms with van der Waals surface area (Å²) in [6.07, 6.45) is 0.663. The van der Waals surface area contributed by atoms with Gasteiger partial charge in [-0.3, -0.25) is 14.5 Å². The number of ether oxygens (including phenoxy) is 1. The number of thiazole rings is 1. The zero-order valence-electron chi connectivity index (χ0n) is 19.5. The second-order valence-corrected chi connectivity index (χ2v) is 10.1. The van der Waals surface area contributed by atoms with E-state index in [2.05, 4.69) is 4.98 Å². The summed E-state index contributed by atoms with van der Waals surface area (Å²) in [6.45, 7) is 3.90. The second kappa shape index (κ2) is 8.27. The van der Waals surface area contributed by atoms with Crippen molar-refractivity contribution in [3.8, 4) is 5.75 Å².